The minimum atomic E-state index is -0.835. The number of carbonyl (C=O) groups excluding carboxylic acids is 1. The van der Waals surface area contributed by atoms with Gasteiger partial charge in [-0.2, -0.15) is 0 Å². The monoisotopic (exact) mass is 321 g/mol. The van der Waals surface area contributed by atoms with Gasteiger partial charge in [-0.25, -0.2) is 0 Å². The van der Waals surface area contributed by atoms with E-state index in [1.54, 1.807) is 6.92 Å². The van der Waals surface area contributed by atoms with E-state index in [0.29, 0.717) is 25.2 Å². The lowest BCUT2D eigenvalue weighted by Crippen LogP contribution is -2.48. The molecule has 1 fully saturated rings. The quantitative estimate of drug-likeness (QED) is 0.630. The number of non-ortho nitro benzene ring substituents is 1. The van der Waals surface area contributed by atoms with Gasteiger partial charge < -0.3 is 10.4 Å². The zero-order valence-corrected chi connectivity index (χ0v) is 12.8. The molecule has 2 unspecified atom stereocenters. The SMILES string of the molecule is CC(C(=O)Nc1ccc([N+](=O)[O-])cc1)N1CCCC(C(=O)O)C1. The average Bonchev–Trinajstić information content (AvgIpc) is 2.54. The molecule has 1 aliphatic heterocycles. The van der Waals surface area contributed by atoms with Gasteiger partial charge in [0, 0.05) is 24.4 Å². The van der Waals surface area contributed by atoms with Crippen molar-refractivity contribution in [2.24, 2.45) is 5.92 Å². The van der Waals surface area contributed by atoms with Gasteiger partial charge in [0.25, 0.3) is 5.69 Å². The van der Waals surface area contributed by atoms with Crippen LogP contribution in [0, 0.1) is 16.0 Å². The summed E-state index contributed by atoms with van der Waals surface area (Å²) in [6.45, 7) is 2.76. The predicted octanol–water partition coefficient (Wildman–Crippen LogP) is 1.72. The number of anilines is 1. The fraction of sp³-hybridized carbons (Fsp3) is 0.467. The lowest BCUT2D eigenvalue weighted by molar-refractivity contribution is -0.384. The molecule has 2 N–H and O–H groups in total. The Labute approximate surface area is 133 Å². The van der Waals surface area contributed by atoms with Crippen LogP contribution in [-0.2, 0) is 9.59 Å². The van der Waals surface area contributed by atoms with E-state index in [-0.39, 0.29) is 11.6 Å². The first kappa shape index (κ1) is 16.9. The molecule has 8 nitrogen and oxygen atoms in total. The lowest BCUT2D eigenvalue weighted by atomic mass is 9.97. The average molecular weight is 321 g/mol. The maximum Gasteiger partial charge on any atom is 0.307 e. The summed E-state index contributed by atoms with van der Waals surface area (Å²) in [6, 6.07) is 5.12. The van der Waals surface area contributed by atoms with Crippen molar-refractivity contribution in [3.05, 3.63) is 34.4 Å². The number of likely N-dealkylation sites (tertiary alicyclic amines) is 1. The van der Waals surface area contributed by atoms with Crippen molar-refractivity contribution < 1.29 is 19.6 Å². The van der Waals surface area contributed by atoms with E-state index in [4.69, 9.17) is 5.11 Å². The van der Waals surface area contributed by atoms with Gasteiger partial charge in [0.05, 0.1) is 16.9 Å². The summed E-state index contributed by atoms with van der Waals surface area (Å²) in [6.07, 6.45) is 1.37. The molecule has 0 bridgehead atoms. The number of carboxylic acid groups (broad SMARTS) is 1. The second-order valence-electron chi connectivity index (χ2n) is 5.64. The number of aliphatic carboxylic acids is 1. The molecule has 0 aromatic heterocycles. The third-order valence-electron chi connectivity index (χ3n) is 4.07. The fourth-order valence-electron chi connectivity index (χ4n) is 2.64. The number of carbonyl (C=O) groups is 2. The van der Waals surface area contributed by atoms with E-state index in [0.717, 1.165) is 6.42 Å². The van der Waals surface area contributed by atoms with Gasteiger partial charge >= 0.3 is 5.97 Å². The zero-order valence-electron chi connectivity index (χ0n) is 12.8. The minimum absolute atomic E-state index is 0.0450. The number of piperidine rings is 1. The molecule has 1 aromatic rings. The number of nitro groups is 1. The number of nitro benzene ring substituents is 1. The Morgan fingerprint density at radius 3 is 2.61 bits per heavy atom. The number of amides is 1. The highest BCUT2D eigenvalue weighted by Crippen LogP contribution is 2.20. The van der Waals surface area contributed by atoms with Gasteiger partial charge in [0.2, 0.25) is 5.91 Å². The molecule has 0 spiro atoms. The number of carboxylic acids is 1. The molecular formula is C15H19N3O5. The van der Waals surface area contributed by atoms with Crippen molar-refractivity contribution in [1.29, 1.82) is 0 Å². The number of hydrogen-bond acceptors (Lipinski definition) is 5. The highest BCUT2D eigenvalue weighted by atomic mass is 16.6. The second-order valence-corrected chi connectivity index (χ2v) is 5.64. The molecule has 124 valence electrons. The first-order valence-corrected chi connectivity index (χ1v) is 7.40. The van der Waals surface area contributed by atoms with Crippen molar-refractivity contribution in [1.82, 2.24) is 4.90 Å². The maximum absolute atomic E-state index is 12.3. The molecule has 1 saturated heterocycles. The van der Waals surface area contributed by atoms with E-state index in [9.17, 15) is 19.7 Å². The first-order valence-electron chi connectivity index (χ1n) is 7.40. The normalized spacial score (nSPS) is 19.8. The molecule has 2 atom stereocenters. The molecule has 1 aliphatic rings. The van der Waals surface area contributed by atoms with E-state index in [2.05, 4.69) is 5.32 Å². The van der Waals surface area contributed by atoms with Crippen molar-refractivity contribution in [3.8, 4) is 0 Å². The summed E-state index contributed by atoms with van der Waals surface area (Å²) in [7, 11) is 0. The third kappa shape index (κ3) is 4.26. The molecule has 0 saturated carbocycles. The molecule has 0 radical (unpaired) electrons. The van der Waals surface area contributed by atoms with Crippen LogP contribution in [0.1, 0.15) is 19.8 Å². The highest BCUT2D eigenvalue weighted by molar-refractivity contribution is 5.94. The van der Waals surface area contributed by atoms with Gasteiger partial charge in [0.15, 0.2) is 0 Å². The number of rotatable bonds is 5. The zero-order chi connectivity index (χ0) is 17.0. The summed E-state index contributed by atoms with van der Waals surface area (Å²) in [5.41, 5.74) is 0.427. The van der Waals surface area contributed by atoms with E-state index >= 15 is 0 Å². The molecule has 1 aromatic carbocycles. The smallest absolute Gasteiger partial charge is 0.307 e. The van der Waals surface area contributed by atoms with Crippen LogP contribution in [0.3, 0.4) is 0 Å². The van der Waals surface area contributed by atoms with Gasteiger partial charge in [0.1, 0.15) is 0 Å². The number of nitrogens with one attached hydrogen (secondary N) is 1. The van der Waals surface area contributed by atoms with Crippen LogP contribution in [0.15, 0.2) is 24.3 Å². The molecule has 8 heteroatoms. The molecule has 0 aliphatic carbocycles. The number of benzene rings is 1. The van der Waals surface area contributed by atoms with Crippen LogP contribution < -0.4 is 5.32 Å². The van der Waals surface area contributed by atoms with Crippen molar-refractivity contribution in [3.63, 3.8) is 0 Å². The van der Waals surface area contributed by atoms with Gasteiger partial charge in [-0.05, 0) is 38.4 Å². The van der Waals surface area contributed by atoms with Crippen LogP contribution in [0.25, 0.3) is 0 Å². The Bertz CT molecular complexity index is 602. The Balaban J connectivity index is 1.96. The minimum Gasteiger partial charge on any atom is -0.481 e. The molecule has 2 rings (SSSR count). The summed E-state index contributed by atoms with van der Waals surface area (Å²) in [5, 5.41) is 22.4. The molecule has 23 heavy (non-hydrogen) atoms. The molecular weight excluding hydrogens is 302 g/mol. The number of nitrogens with zero attached hydrogens (tertiary/aromatic N) is 2. The van der Waals surface area contributed by atoms with Crippen molar-refractivity contribution >= 4 is 23.3 Å². The Hall–Kier alpha value is -2.48. The van der Waals surface area contributed by atoms with Crippen LogP contribution in [0.4, 0.5) is 11.4 Å². The van der Waals surface area contributed by atoms with Crippen LogP contribution >= 0.6 is 0 Å². The summed E-state index contributed by atoms with van der Waals surface area (Å²) >= 11 is 0. The summed E-state index contributed by atoms with van der Waals surface area (Å²) < 4.78 is 0. The van der Waals surface area contributed by atoms with E-state index in [1.807, 2.05) is 4.90 Å². The second kappa shape index (κ2) is 7.19. The largest absolute Gasteiger partial charge is 0.481 e. The first-order chi connectivity index (χ1) is 10.9. The Morgan fingerprint density at radius 1 is 1.39 bits per heavy atom. The third-order valence-corrected chi connectivity index (χ3v) is 4.07. The number of hydrogen-bond donors (Lipinski definition) is 2. The standard InChI is InChI=1S/C15H19N3O5/c1-10(17-8-2-3-11(9-17)15(20)21)14(19)16-12-4-6-13(7-5-12)18(22)23/h4-7,10-11H,2-3,8-9H2,1H3,(H,16,19)(H,20,21). The van der Waals surface area contributed by atoms with Gasteiger partial charge in [-0.1, -0.05) is 0 Å². The molecule has 1 amide bonds. The van der Waals surface area contributed by atoms with E-state index < -0.39 is 22.9 Å². The van der Waals surface area contributed by atoms with Gasteiger partial charge in [-0.15, -0.1) is 0 Å². The molecule has 1 heterocycles. The maximum atomic E-state index is 12.3. The highest BCUT2D eigenvalue weighted by Gasteiger charge is 2.30. The van der Waals surface area contributed by atoms with Crippen LogP contribution in [0.2, 0.25) is 0 Å². The Morgan fingerprint density at radius 2 is 2.04 bits per heavy atom. The van der Waals surface area contributed by atoms with E-state index in [1.165, 1.54) is 24.3 Å². The fourth-order valence-corrected chi connectivity index (χ4v) is 2.64. The topological polar surface area (TPSA) is 113 Å². The van der Waals surface area contributed by atoms with Crippen LogP contribution in [-0.4, -0.2) is 45.9 Å². The van der Waals surface area contributed by atoms with Crippen LogP contribution in [0.5, 0.6) is 0 Å². The summed E-state index contributed by atoms with van der Waals surface area (Å²) in [5.74, 6) is -1.54. The van der Waals surface area contributed by atoms with Gasteiger partial charge in [-0.3, -0.25) is 24.6 Å². The predicted molar refractivity (Wildman–Crippen MR) is 83.1 cm³/mol. The Kier molecular flexibility index (Phi) is 5.28. The summed E-state index contributed by atoms with van der Waals surface area (Å²) in [4.78, 5) is 35.3. The van der Waals surface area contributed by atoms with Crippen molar-refractivity contribution in [2.75, 3.05) is 18.4 Å². The lowest BCUT2D eigenvalue weighted by Gasteiger charge is -2.34. The van der Waals surface area contributed by atoms with Crippen molar-refractivity contribution in [2.45, 2.75) is 25.8 Å².